The standard InChI is InChI=1S/C12H12F4O3/c1-18-10(17)9-4-2-8(3-5-9)6-19-7-12(15,16)11(13)14/h2-5,11H,6-7H2,1H3. The summed E-state index contributed by atoms with van der Waals surface area (Å²) in [4.78, 5) is 11.1. The minimum Gasteiger partial charge on any atom is -0.465 e. The zero-order valence-corrected chi connectivity index (χ0v) is 10.0. The third kappa shape index (κ3) is 4.51. The van der Waals surface area contributed by atoms with Crippen molar-refractivity contribution in [1.29, 1.82) is 0 Å². The molecule has 0 fully saturated rings. The number of alkyl halides is 4. The van der Waals surface area contributed by atoms with Crippen LogP contribution in [0.25, 0.3) is 0 Å². The summed E-state index contributed by atoms with van der Waals surface area (Å²) < 4.78 is 57.7. The van der Waals surface area contributed by atoms with Crippen LogP contribution in [-0.2, 0) is 16.1 Å². The fourth-order valence-corrected chi connectivity index (χ4v) is 1.22. The molecule has 0 saturated heterocycles. The maximum absolute atomic E-state index is 12.5. The molecular weight excluding hydrogens is 268 g/mol. The molecule has 0 unspecified atom stereocenters. The van der Waals surface area contributed by atoms with E-state index in [0.29, 0.717) is 11.1 Å². The van der Waals surface area contributed by atoms with Gasteiger partial charge in [0.15, 0.2) is 0 Å². The highest BCUT2D eigenvalue weighted by Gasteiger charge is 2.40. The zero-order valence-electron chi connectivity index (χ0n) is 10.0. The Bertz CT molecular complexity index is 417. The average Bonchev–Trinajstić information content (AvgIpc) is 2.38. The molecule has 0 aromatic heterocycles. The van der Waals surface area contributed by atoms with Gasteiger partial charge in [0.1, 0.15) is 6.61 Å². The molecule has 7 heteroatoms. The molecule has 0 amide bonds. The molecule has 0 radical (unpaired) electrons. The van der Waals surface area contributed by atoms with Gasteiger partial charge in [-0.3, -0.25) is 0 Å². The molecule has 0 atom stereocenters. The molecule has 0 saturated carbocycles. The molecular formula is C12H12F4O3. The first-order chi connectivity index (χ1) is 8.86. The number of rotatable bonds is 6. The molecule has 0 bridgehead atoms. The largest absolute Gasteiger partial charge is 0.465 e. The van der Waals surface area contributed by atoms with Crippen LogP contribution in [0.4, 0.5) is 17.6 Å². The van der Waals surface area contributed by atoms with Crippen molar-refractivity contribution in [3.8, 4) is 0 Å². The second-order valence-electron chi connectivity index (χ2n) is 3.74. The molecule has 1 aromatic rings. The molecule has 106 valence electrons. The second kappa shape index (κ2) is 6.51. The van der Waals surface area contributed by atoms with Crippen LogP contribution in [0.15, 0.2) is 24.3 Å². The second-order valence-corrected chi connectivity index (χ2v) is 3.74. The first-order valence-corrected chi connectivity index (χ1v) is 5.28. The summed E-state index contributed by atoms with van der Waals surface area (Å²) in [6.07, 6.45) is -3.76. The SMILES string of the molecule is COC(=O)c1ccc(COCC(F)(F)C(F)F)cc1. The molecule has 19 heavy (non-hydrogen) atoms. The molecule has 0 N–H and O–H groups in total. The monoisotopic (exact) mass is 280 g/mol. The van der Waals surface area contributed by atoms with Gasteiger partial charge in [0.25, 0.3) is 0 Å². The quantitative estimate of drug-likeness (QED) is 0.593. The summed E-state index contributed by atoms with van der Waals surface area (Å²) >= 11 is 0. The number of benzene rings is 1. The molecule has 1 aromatic carbocycles. The van der Waals surface area contributed by atoms with Crippen LogP contribution in [0, 0.1) is 0 Å². The van der Waals surface area contributed by atoms with E-state index >= 15 is 0 Å². The number of carbonyl (C=O) groups excluding carboxylic acids is 1. The lowest BCUT2D eigenvalue weighted by Gasteiger charge is -2.15. The molecule has 1 rings (SSSR count). The number of esters is 1. The lowest BCUT2D eigenvalue weighted by Crippen LogP contribution is -2.32. The molecule has 3 nitrogen and oxygen atoms in total. The zero-order chi connectivity index (χ0) is 14.5. The van der Waals surface area contributed by atoms with Crippen molar-refractivity contribution in [2.24, 2.45) is 0 Å². The molecule has 0 heterocycles. The van der Waals surface area contributed by atoms with Gasteiger partial charge in [-0.1, -0.05) is 12.1 Å². The van der Waals surface area contributed by atoms with E-state index in [1.54, 1.807) is 0 Å². The Kier molecular flexibility index (Phi) is 5.29. The normalized spacial score (nSPS) is 11.7. The third-order valence-electron chi connectivity index (χ3n) is 2.26. The van der Waals surface area contributed by atoms with E-state index in [4.69, 9.17) is 0 Å². The highest BCUT2D eigenvalue weighted by Crippen LogP contribution is 2.23. The Morgan fingerprint density at radius 3 is 2.32 bits per heavy atom. The first-order valence-electron chi connectivity index (χ1n) is 5.28. The average molecular weight is 280 g/mol. The van der Waals surface area contributed by atoms with E-state index in [9.17, 15) is 22.4 Å². The van der Waals surface area contributed by atoms with Gasteiger partial charge in [0.2, 0.25) is 0 Å². The minimum atomic E-state index is -4.16. The summed E-state index contributed by atoms with van der Waals surface area (Å²) in [6, 6.07) is 5.78. The smallest absolute Gasteiger partial charge is 0.337 e. The number of ether oxygens (including phenoxy) is 2. The van der Waals surface area contributed by atoms with Gasteiger partial charge in [-0.2, -0.15) is 8.78 Å². The van der Waals surface area contributed by atoms with Crippen molar-refractivity contribution in [3.05, 3.63) is 35.4 Å². The van der Waals surface area contributed by atoms with Crippen molar-refractivity contribution in [2.45, 2.75) is 19.0 Å². The number of hydrogen-bond donors (Lipinski definition) is 0. The fourth-order valence-electron chi connectivity index (χ4n) is 1.22. The fraction of sp³-hybridized carbons (Fsp3) is 0.417. The van der Waals surface area contributed by atoms with Crippen LogP contribution < -0.4 is 0 Å². The van der Waals surface area contributed by atoms with E-state index in [1.807, 2.05) is 0 Å². The van der Waals surface area contributed by atoms with E-state index in [1.165, 1.54) is 31.4 Å². The van der Waals surface area contributed by atoms with Crippen LogP contribution in [0.5, 0.6) is 0 Å². The number of carbonyl (C=O) groups is 1. The van der Waals surface area contributed by atoms with Crippen molar-refractivity contribution in [3.63, 3.8) is 0 Å². The highest BCUT2D eigenvalue weighted by molar-refractivity contribution is 5.89. The Morgan fingerprint density at radius 2 is 1.84 bits per heavy atom. The van der Waals surface area contributed by atoms with Crippen LogP contribution in [-0.4, -0.2) is 32.0 Å². The molecule has 0 aliphatic carbocycles. The van der Waals surface area contributed by atoms with Gasteiger partial charge in [0.05, 0.1) is 19.3 Å². The summed E-state index contributed by atoms with van der Waals surface area (Å²) in [7, 11) is 1.23. The lowest BCUT2D eigenvalue weighted by molar-refractivity contribution is -0.168. The van der Waals surface area contributed by atoms with E-state index < -0.39 is 24.9 Å². The van der Waals surface area contributed by atoms with Crippen molar-refractivity contribution >= 4 is 5.97 Å². The Morgan fingerprint density at radius 1 is 1.26 bits per heavy atom. The minimum absolute atomic E-state index is 0.246. The topological polar surface area (TPSA) is 35.5 Å². The van der Waals surface area contributed by atoms with Gasteiger partial charge in [-0.05, 0) is 17.7 Å². The number of hydrogen-bond acceptors (Lipinski definition) is 3. The van der Waals surface area contributed by atoms with Crippen molar-refractivity contribution in [1.82, 2.24) is 0 Å². The summed E-state index contributed by atoms with van der Waals surface area (Å²) in [5.41, 5.74) is 0.780. The molecule has 0 aliphatic heterocycles. The summed E-state index contributed by atoms with van der Waals surface area (Å²) in [5.74, 6) is -4.69. The van der Waals surface area contributed by atoms with E-state index in [2.05, 4.69) is 9.47 Å². The van der Waals surface area contributed by atoms with Gasteiger partial charge in [-0.25, -0.2) is 13.6 Å². The van der Waals surface area contributed by atoms with Crippen molar-refractivity contribution in [2.75, 3.05) is 13.7 Å². The van der Waals surface area contributed by atoms with Crippen LogP contribution in [0.2, 0.25) is 0 Å². The van der Waals surface area contributed by atoms with E-state index in [-0.39, 0.29) is 6.61 Å². The number of halogens is 4. The van der Waals surface area contributed by atoms with Gasteiger partial charge < -0.3 is 9.47 Å². The Hall–Kier alpha value is -1.63. The third-order valence-corrected chi connectivity index (χ3v) is 2.26. The molecule has 0 spiro atoms. The van der Waals surface area contributed by atoms with Gasteiger partial charge in [0, 0.05) is 0 Å². The lowest BCUT2D eigenvalue weighted by atomic mass is 10.1. The van der Waals surface area contributed by atoms with Gasteiger partial charge >= 0.3 is 18.3 Å². The predicted octanol–water partition coefficient (Wildman–Crippen LogP) is 2.89. The first kappa shape index (κ1) is 15.4. The van der Waals surface area contributed by atoms with Crippen LogP contribution in [0.1, 0.15) is 15.9 Å². The molecule has 0 aliphatic rings. The maximum atomic E-state index is 12.5. The Labute approximate surface area is 107 Å². The summed E-state index contributed by atoms with van der Waals surface area (Å²) in [6.45, 7) is -1.60. The predicted molar refractivity (Wildman–Crippen MR) is 58.4 cm³/mol. The van der Waals surface area contributed by atoms with Crippen LogP contribution in [0.3, 0.4) is 0 Å². The Balaban J connectivity index is 2.49. The highest BCUT2D eigenvalue weighted by atomic mass is 19.3. The van der Waals surface area contributed by atoms with Crippen LogP contribution >= 0.6 is 0 Å². The summed E-state index contributed by atoms with van der Waals surface area (Å²) in [5, 5.41) is 0. The van der Waals surface area contributed by atoms with Gasteiger partial charge in [-0.15, -0.1) is 0 Å². The maximum Gasteiger partial charge on any atom is 0.337 e. The number of methoxy groups -OCH3 is 1. The van der Waals surface area contributed by atoms with E-state index in [0.717, 1.165) is 0 Å². The van der Waals surface area contributed by atoms with Crippen molar-refractivity contribution < 1.29 is 31.8 Å².